The van der Waals surface area contributed by atoms with Crippen LogP contribution in [0.25, 0.3) is 0 Å². The van der Waals surface area contributed by atoms with E-state index in [4.69, 9.17) is 9.47 Å². The smallest absolute Gasteiger partial charge is 0.339 e. The van der Waals surface area contributed by atoms with Crippen molar-refractivity contribution in [1.82, 2.24) is 9.97 Å². The fourth-order valence-electron chi connectivity index (χ4n) is 3.19. The SMILES string of the molecule is CCOC(=O)c1ccc(N2CCCN(c3ccc(C(=O)OCC)cn3)CC2)nc1. The van der Waals surface area contributed by atoms with Crippen molar-refractivity contribution in [2.45, 2.75) is 20.3 Å². The van der Waals surface area contributed by atoms with Crippen LogP contribution in [-0.2, 0) is 9.47 Å². The van der Waals surface area contributed by atoms with Crippen LogP contribution in [0.2, 0.25) is 0 Å². The van der Waals surface area contributed by atoms with Gasteiger partial charge in [-0.05, 0) is 44.5 Å². The molecule has 2 aromatic heterocycles. The van der Waals surface area contributed by atoms with Crippen LogP contribution in [0, 0.1) is 0 Å². The second-order valence-corrected chi connectivity index (χ2v) is 6.58. The number of ether oxygens (including phenoxy) is 2. The number of rotatable bonds is 6. The lowest BCUT2D eigenvalue weighted by molar-refractivity contribution is 0.0516. The first kappa shape index (κ1) is 20.6. The van der Waals surface area contributed by atoms with E-state index < -0.39 is 0 Å². The first-order valence-corrected chi connectivity index (χ1v) is 9.88. The molecule has 29 heavy (non-hydrogen) atoms. The Labute approximate surface area is 170 Å². The van der Waals surface area contributed by atoms with Crippen molar-refractivity contribution in [1.29, 1.82) is 0 Å². The Balaban J connectivity index is 1.61. The summed E-state index contributed by atoms with van der Waals surface area (Å²) >= 11 is 0. The molecule has 0 aromatic carbocycles. The summed E-state index contributed by atoms with van der Waals surface area (Å²) in [6, 6.07) is 7.21. The number of hydrogen-bond acceptors (Lipinski definition) is 8. The highest BCUT2D eigenvalue weighted by Gasteiger charge is 2.18. The lowest BCUT2D eigenvalue weighted by atomic mass is 10.2. The normalized spacial score (nSPS) is 14.3. The molecule has 1 aliphatic rings. The van der Waals surface area contributed by atoms with Gasteiger partial charge in [-0.15, -0.1) is 0 Å². The first-order valence-electron chi connectivity index (χ1n) is 9.88. The zero-order chi connectivity index (χ0) is 20.6. The number of carbonyl (C=O) groups excluding carboxylic acids is 2. The first-order chi connectivity index (χ1) is 14.1. The predicted molar refractivity (Wildman–Crippen MR) is 109 cm³/mol. The molecule has 0 spiro atoms. The zero-order valence-electron chi connectivity index (χ0n) is 16.8. The quantitative estimate of drug-likeness (QED) is 0.687. The van der Waals surface area contributed by atoms with Crippen LogP contribution in [0.3, 0.4) is 0 Å². The van der Waals surface area contributed by atoms with Crippen molar-refractivity contribution in [2.24, 2.45) is 0 Å². The Morgan fingerprint density at radius 3 is 1.59 bits per heavy atom. The van der Waals surface area contributed by atoms with Crippen molar-refractivity contribution < 1.29 is 19.1 Å². The summed E-state index contributed by atoms with van der Waals surface area (Å²) in [6.45, 7) is 7.55. The summed E-state index contributed by atoms with van der Waals surface area (Å²) in [7, 11) is 0. The van der Waals surface area contributed by atoms with Gasteiger partial charge in [-0.25, -0.2) is 19.6 Å². The minimum atomic E-state index is -0.356. The number of carbonyl (C=O) groups is 2. The highest BCUT2D eigenvalue weighted by atomic mass is 16.5. The number of anilines is 2. The summed E-state index contributed by atoms with van der Waals surface area (Å²) in [5.74, 6) is 0.966. The van der Waals surface area contributed by atoms with Crippen molar-refractivity contribution in [3.05, 3.63) is 47.8 Å². The van der Waals surface area contributed by atoms with E-state index in [0.717, 1.165) is 44.2 Å². The Bertz CT molecular complexity index is 754. The summed E-state index contributed by atoms with van der Waals surface area (Å²) in [5, 5.41) is 0. The second kappa shape index (κ2) is 9.86. The molecule has 0 radical (unpaired) electrons. The Kier molecular flexibility index (Phi) is 6.99. The van der Waals surface area contributed by atoms with Gasteiger partial charge < -0.3 is 19.3 Å². The number of pyridine rings is 2. The number of aromatic nitrogens is 2. The minimum absolute atomic E-state index is 0.345. The maximum atomic E-state index is 11.8. The van der Waals surface area contributed by atoms with E-state index in [1.54, 1.807) is 38.4 Å². The third-order valence-electron chi connectivity index (χ3n) is 4.66. The van der Waals surface area contributed by atoms with Crippen LogP contribution in [0.4, 0.5) is 11.6 Å². The van der Waals surface area contributed by atoms with Crippen LogP contribution >= 0.6 is 0 Å². The van der Waals surface area contributed by atoms with Crippen LogP contribution in [0.5, 0.6) is 0 Å². The van der Waals surface area contributed by atoms with Gasteiger partial charge in [0.15, 0.2) is 0 Å². The molecule has 0 bridgehead atoms. The van der Waals surface area contributed by atoms with Gasteiger partial charge >= 0.3 is 11.9 Å². The third kappa shape index (κ3) is 5.22. The minimum Gasteiger partial charge on any atom is -0.462 e. The number of nitrogens with zero attached hydrogens (tertiary/aromatic N) is 4. The predicted octanol–water partition coefficient (Wildman–Crippen LogP) is 2.55. The number of hydrogen-bond donors (Lipinski definition) is 0. The molecule has 1 saturated heterocycles. The topological polar surface area (TPSA) is 84.9 Å². The van der Waals surface area contributed by atoms with Gasteiger partial charge in [0.25, 0.3) is 0 Å². The van der Waals surface area contributed by atoms with E-state index in [1.807, 2.05) is 12.1 Å². The maximum Gasteiger partial charge on any atom is 0.339 e. The molecule has 2 aromatic rings. The van der Waals surface area contributed by atoms with Crippen LogP contribution < -0.4 is 9.80 Å². The van der Waals surface area contributed by atoms with Crippen molar-refractivity contribution in [3.8, 4) is 0 Å². The lowest BCUT2D eigenvalue weighted by Crippen LogP contribution is -2.31. The molecule has 0 atom stereocenters. The zero-order valence-corrected chi connectivity index (χ0v) is 16.8. The molecule has 1 fully saturated rings. The standard InChI is InChI=1S/C21H26N4O4/c1-3-28-20(26)16-6-8-18(22-14-16)24-10-5-11-25(13-12-24)19-9-7-17(15-23-19)21(27)29-4-2/h6-9,14-15H,3-5,10-13H2,1-2H3. The molecule has 0 N–H and O–H groups in total. The maximum absolute atomic E-state index is 11.8. The monoisotopic (exact) mass is 398 g/mol. The average Bonchev–Trinajstić information content (AvgIpc) is 3.01. The fourth-order valence-corrected chi connectivity index (χ4v) is 3.19. The van der Waals surface area contributed by atoms with E-state index in [2.05, 4.69) is 19.8 Å². The summed E-state index contributed by atoms with van der Waals surface area (Å²) in [6.07, 6.45) is 4.07. The van der Waals surface area contributed by atoms with Gasteiger partial charge in [0, 0.05) is 38.6 Å². The van der Waals surface area contributed by atoms with Crippen LogP contribution in [0.1, 0.15) is 41.0 Å². The third-order valence-corrected chi connectivity index (χ3v) is 4.66. The van der Waals surface area contributed by atoms with Crippen molar-refractivity contribution in [2.75, 3.05) is 49.2 Å². The van der Waals surface area contributed by atoms with Gasteiger partial charge in [0.1, 0.15) is 11.6 Å². The van der Waals surface area contributed by atoms with Crippen molar-refractivity contribution in [3.63, 3.8) is 0 Å². The average molecular weight is 398 g/mol. The molecule has 0 aliphatic carbocycles. The highest BCUT2D eigenvalue weighted by Crippen LogP contribution is 2.18. The molecular formula is C21H26N4O4. The molecule has 1 aliphatic heterocycles. The molecule has 8 nitrogen and oxygen atoms in total. The second-order valence-electron chi connectivity index (χ2n) is 6.58. The Morgan fingerprint density at radius 1 is 0.793 bits per heavy atom. The van der Waals surface area contributed by atoms with E-state index in [0.29, 0.717) is 24.3 Å². The Hall–Kier alpha value is -3.16. The molecule has 3 heterocycles. The summed E-state index contributed by atoms with van der Waals surface area (Å²) < 4.78 is 10.00. The molecular weight excluding hydrogens is 372 g/mol. The van der Waals surface area contributed by atoms with E-state index >= 15 is 0 Å². The van der Waals surface area contributed by atoms with Gasteiger partial charge in [-0.3, -0.25) is 0 Å². The molecule has 8 heteroatoms. The van der Waals surface area contributed by atoms with Crippen LogP contribution in [-0.4, -0.2) is 61.3 Å². The van der Waals surface area contributed by atoms with Gasteiger partial charge in [-0.1, -0.05) is 0 Å². The van der Waals surface area contributed by atoms with E-state index in [1.165, 1.54) is 0 Å². The van der Waals surface area contributed by atoms with Crippen LogP contribution in [0.15, 0.2) is 36.7 Å². The Morgan fingerprint density at radius 2 is 1.24 bits per heavy atom. The molecule has 0 unspecified atom stereocenters. The molecule has 154 valence electrons. The molecule has 0 amide bonds. The fraction of sp³-hybridized carbons (Fsp3) is 0.429. The van der Waals surface area contributed by atoms with E-state index in [-0.39, 0.29) is 11.9 Å². The molecule has 3 rings (SSSR count). The van der Waals surface area contributed by atoms with Gasteiger partial charge in [0.2, 0.25) is 0 Å². The highest BCUT2D eigenvalue weighted by molar-refractivity contribution is 5.89. The summed E-state index contributed by atoms with van der Waals surface area (Å²) in [4.78, 5) is 36.8. The number of esters is 2. The van der Waals surface area contributed by atoms with Crippen molar-refractivity contribution >= 4 is 23.6 Å². The van der Waals surface area contributed by atoms with Gasteiger partial charge in [-0.2, -0.15) is 0 Å². The molecule has 0 saturated carbocycles. The van der Waals surface area contributed by atoms with Gasteiger partial charge in [0.05, 0.1) is 24.3 Å². The largest absolute Gasteiger partial charge is 0.462 e. The van der Waals surface area contributed by atoms with E-state index in [9.17, 15) is 9.59 Å². The summed E-state index contributed by atoms with van der Waals surface area (Å²) in [5.41, 5.74) is 0.913. The lowest BCUT2D eigenvalue weighted by Gasteiger charge is -2.23.